The number of hydrogen-bond donors (Lipinski definition) is 3. The van der Waals surface area contributed by atoms with Crippen molar-refractivity contribution in [3.63, 3.8) is 0 Å². The van der Waals surface area contributed by atoms with Crippen molar-refractivity contribution in [1.82, 2.24) is 9.97 Å². The molecule has 14 heavy (non-hydrogen) atoms. The van der Waals surface area contributed by atoms with Crippen molar-refractivity contribution >= 4 is 16.7 Å². The molecule has 0 spiro atoms. The third-order valence-corrected chi connectivity index (χ3v) is 2.11. The predicted octanol–water partition coefficient (Wildman–Crippen LogP) is 1.32. The van der Waals surface area contributed by atoms with Gasteiger partial charge in [0.2, 0.25) is 0 Å². The number of fused-ring (bicyclic) bond motifs is 1. The van der Waals surface area contributed by atoms with Crippen LogP contribution < -0.4 is 11.1 Å². The van der Waals surface area contributed by atoms with E-state index in [0.717, 1.165) is 29.7 Å². The van der Waals surface area contributed by atoms with Gasteiger partial charge in [0.05, 0.1) is 11.9 Å². The van der Waals surface area contributed by atoms with Gasteiger partial charge in [0.25, 0.3) is 0 Å². The Morgan fingerprint density at radius 2 is 2.43 bits per heavy atom. The summed E-state index contributed by atoms with van der Waals surface area (Å²) in [5, 5.41) is 4.40. The summed E-state index contributed by atoms with van der Waals surface area (Å²) in [6.07, 6.45) is 4.70. The summed E-state index contributed by atoms with van der Waals surface area (Å²) in [5.74, 6) is 0. The van der Waals surface area contributed by atoms with Gasteiger partial charge in [0.15, 0.2) is 0 Å². The smallest absolute Gasteiger partial charge is 0.137 e. The Labute approximate surface area is 82.5 Å². The SMILES string of the molecule is NCCCNc1cnc2[nH]ccc2c1. The third kappa shape index (κ3) is 1.85. The first kappa shape index (κ1) is 9.02. The Morgan fingerprint density at radius 3 is 3.29 bits per heavy atom. The number of aromatic nitrogens is 2. The topological polar surface area (TPSA) is 66.7 Å². The molecule has 0 amide bonds. The summed E-state index contributed by atoms with van der Waals surface area (Å²) in [6, 6.07) is 4.09. The Balaban J connectivity index is 2.10. The number of rotatable bonds is 4. The average Bonchev–Trinajstić information content (AvgIpc) is 2.65. The summed E-state index contributed by atoms with van der Waals surface area (Å²) in [6.45, 7) is 1.61. The van der Waals surface area contributed by atoms with Gasteiger partial charge in [-0.1, -0.05) is 0 Å². The third-order valence-electron chi connectivity index (χ3n) is 2.11. The van der Waals surface area contributed by atoms with Gasteiger partial charge < -0.3 is 16.0 Å². The number of nitrogens with zero attached hydrogens (tertiary/aromatic N) is 1. The van der Waals surface area contributed by atoms with Gasteiger partial charge in [-0.05, 0) is 25.1 Å². The first-order valence-corrected chi connectivity index (χ1v) is 4.77. The number of aromatic amines is 1. The highest BCUT2D eigenvalue weighted by Gasteiger charge is 1.96. The highest BCUT2D eigenvalue weighted by atomic mass is 14.9. The molecule has 0 unspecified atom stereocenters. The molecule has 0 aliphatic carbocycles. The van der Waals surface area contributed by atoms with Crippen LogP contribution in [0.5, 0.6) is 0 Å². The lowest BCUT2D eigenvalue weighted by Crippen LogP contribution is -2.08. The van der Waals surface area contributed by atoms with Gasteiger partial charge in [-0.15, -0.1) is 0 Å². The molecule has 2 heterocycles. The molecule has 74 valence electrons. The zero-order chi connectivity index (χ0) is 9.80. The van der Waals surface area contributed by atoms with Gasteiger partial charge in [0, 0.05) is 18.1 Å². The van der Waals surface area contributed by atoms with E-state index in [4.69, 9.17) is 5.73 Å². The molecular formula is C10H14N4. The van der Waals surface area contributed by atoms with Crippen molar-refractivity contribution in [2.45, 2.75) is 6.42 Å². The maximum atomic E-state index is 5.41. The first-order valence-electron chi connectivity index (χ1n) is 4.77. The number of nitrogens with one attached hydrogen (secondary N) is 2. The van der Waals surface area contributed by atoms with Crippen molar-refractivity contribution in [3.05, 3.63) is 24.5 Å². The Bertz CT molecular complexity index is 407. The molecule has 0 bridgehead atoms. The maximum Gasteiger partial charge on any atom is 0.137 e. The second-order valence-corrected chi connectivity index (χ2v) is 3.21. The zero-order valence-electron chi connectivity index (χ0n) is 7.96. The summed E-state index contributed by atoms with van der Waals surface area (Å²) < 4.78 is 0. The van der Waals surface area contributed by atoms with Crippen LogP contribution >= 0.6 is 0 Å². The summed E-state index contributed by atoms with van der Waals surface area (Å²) in [7, 11) is 0. The molecule has 2 aromatic rings. The van der Waals surface area contributed by atoms with Crippen LogP contribution in [-0.4, -0.2) is 23.1 Å². The van der Waals surface area contributed by atoms with Crippen LogP contribution in [0.15, 0.2) is 24.5 Å². The minimum absolute atomic E-state index is 0.715. The normalized spacial score (nSPS) is 10.6. The minimum atomic E-state index is 0.715. The monoisotopic (exact) mass is 190 g/mol. The van der Waals surface area contributed by atoms with Crippen molar-refractivity contribution < 1.29 is 0 Å². The summed E-state index contributed by atoms with van der Waals surface area (Å²) in [5.41, 5.74) is 7.38. The van der Waals surface area contributed by atoms with E-state index in [1.54, 1.807) is 0 Å². The quantitative estimate of drug-likeness (QED) is 0.637. The van der Waals surface area contributed by atoms with E-state index in [1.165, 1.54) is 0 Å². The van der Waals surface area contributed by atoms with Crippen LogP contribution in [-0.2, 0) is 0 Å². The fourth-order valence-corrected chi connectivity index (χ4v) is 1.37. The van der Waals surface area contributed by atoms with Crippen molar-refractivity contribution in [2.75, 3.05) is 18.4 Å². The van der Waals surface area contributed by atoms with Gasteiger partial charge in [-0.3, -0.25) is 0 Å². The summed E-state index contributed by atoms with van der Waals surface area (Å²) >= 11 is 0. The number of H-pyrrole nitrogens is 1. The molecule has 0 saturated heterocycles. The van der Waals surface area contributed by atoms with E-state index in [-0.39, 0.29) is 0 Å². The van der Waals surface area contributed by atoms with E-state index >= 15 is 0 Å². The molecule has 4 N–H and O–H groups in total. The van der Waals surface area contributed by atoms with Crippen LogP contribution in [0.2, 0.25) is 0 Å². The predicted molar refractivity (Wildman–Crippen MR) is 58.3 cm³/mol. The highest BCUT2D eigenvalue weighted by Crippen LogP contribution is 2.14. The molecule has 0 aliphatic rings. The van der Waals surface area contributed by atoms with Gasteiger partial charge in [-0.25, -0.2) is 4.98 Å². The van der Waals surface area contributed by atoms with E-state index < -0.39 is 0 Å². The molecule has 4 nitrogen and oxygen atoms in total. The van der Waals surface area contributed by atoms with Crippen LogP contribution in [0.3, 0.4) is 0 Å². The zero-order valence-corrected chi connectivity index (χ0v) is 7.96. The Morgan fingerprint density at radius 1 is 1.50 bits per heavy atom. The van der Waals surface area contributed by atoms with E-state index in [2.05, 4.69) is 21.4 Å². The number of nitrogens with two attached hydrogens (primary N) is 1. The average molecular weight is 190 g/mol. The van der Waals surface area contributed by atoms with Crippen LogP contribution in [0.1, 0.15) is 6.42 Å². The molecule has 0 aromatic carbocycles. The number of hydrogen-bond acceptors (Lipinski definition) is 3. The lowest BCUT2D eigenvalue weighted by molar-refractivity contribution is 0.874. The molecule has 0 saturated carbocycles. The first-order chi connectivity index (χ1) is 6.90. The van der Waals surface area contributed by atoms with Gasteiger partial charge in [0.1, 0.15) is 5.65 Å². The molecule has 0 radical (unpaired) electrons. The van der Waals surface area contributed by atoms with E-state index in [1.807, 2.05) is 18.5 Å². The fourth-order valence-electron chi connectivity index (χ4n) is 1.37. The van der Waals surface area contributed by atoms with Gasteiger partial charge >= 0.3 is 0 Å². The number of pyridine rings is 1. The summed E-state index contributed by atoms with van der Waals surface area (Å²) in [4.78, 5) is 7.33. The molecule has 0 aliphatic heterocycles. The molecule has 4 heteroatoms. The lowest BCUT2D eigenvalue weighted by atomic mass is 10.3. The molecule has 0 fully saturated rings. The van der Waals surface area contributed by atoms with E-state index in [9.17, 15) is 0 Å². The van der Waals surface area contributed by atoms with Crippen molar-refractivity contribution in [3.8, 4) is 0 Å². The Kier molecular flexibility index (Phi) is 2.65. The molecule has 2 rings (SSSR count). The lowest BCUT2D eigenvalue weighted by Gasteiger charge is -2.04. The molecule has 2 aromatic heterocycles. The second-order valence-electron chi connectivity index (χ2n) is 3.21. The standard InChI is InChI=1S/C10H14N4/c11-3-1-4-12-9-6-8-2-5-13-10(8)14-7-9/h2,5-7,12H,1,3-4,11H2,(H,13,14). The largest absolute Gasteiger partial charge is 0.384 e. The molecule has 0 atom stereocenters. The minimum Gasteiger partial charge on any atom is -0.384 e. The van der Waals surface area contributed by atoms with Crippen LogP contribution in [0, 0.1) is 0 Å². The van der Waals surface area contributed by atoms with Crippen molar-refractivity contribution in [2.24, 2.45) is 5.73 Å². The van der Waals surface area contributed by atoms with Crippen molar-refractivity contribution in [1.29, 1.82) is 0 Å². The molecular weight excluding hydrogens is 176 g/mol. The van der Waals surface area contributed by atoms with Crippen LogP contribution in [0.25, 0.3) is 11.0 Å². The Hall–Kier alpha value is -1.55. The second kappa shape index (κ2) is 4.11. The fraction of sp³-hybridized carbons (Fsp3) is 0.300. The van der Waals surface area contributed by atoms with E-state index in [0.29, 0.717) is 6.54 Å². The highest BCUT2D eigenvalue weighted by molar-refractivity contribution is 5.78. The van der Waals surface area contributed by atoms with Gasteiger partial charge in [-0.2, -0.15) is 0 Å². The number of anilines is 1. The van der Waals surface area contributed by atoms with Crippen LogP contribution in [0.4, 0.5) is 5.69 Å². The maximum absolute atomic E-state index is 5.41.